The van der Waals surface area contributed by atoms with Gasteiger partial charge in [-0.3, -0.25) is 9.59 Å². The molecule has 0 aliphatic heterocycles. The minimum absolute atomic E-state index is 0.348. The van der Waals surface area contributed by atoms with Crippen LogP contribution >= 0.6 is 0 Å². The van der Waals surface area contributed by atoms with Gasteiger partial charge in [0.05, 0.1) is 0 Å². The predicted octanol–water partition coefficient (Wildman–Crippen LogP) is 9.01. The Bertz CT molecular complexity index is 423. The molecule has 0 fully saturated rings. The zero-order valence-electron chi connectivity index (χ0n) is 20.7. The van der Waals surface area contributed by atoms with Gasteiger partial charge in [0.2, 0.25) is 0 Å². The quantitative estimate of drug-likeness (QED) is 0.0738. The first kappa shape index (κ1) is 29.6. The normalized spacial score (nSPS) is 11.5. The number of ether oxygens (including phenoxy) is 1. The van der Waals surface area contributed by atoms with E-state index in [4.69, 9.17) is 4.74 Å². The summed E-state index contributed by atoms with van der Waals surface area (Å²) in [6.07, 6.45) is 30.6. The molecule has 0 bridgehead atoms. The lowest BCUT2D eigenvalue weighted by atomic mass is 10.1. The molecule has 0 aromatic rings. The van der Waals surface area contributed by atoms with Gasteiger partial charge < -0.3 is 4.74 Å². The lowest BCUT2D eigenvalue weighted by Gasteiger charge is -2.04. The first-order valence-electron chi connectivity index (χ1n) is 13.2. The van der Waals surface area contributed by atoms with Crippen molar-refractivity contribution in [2.75, 3.05) is 0 Å². The van der Waals surface area contributed by atoms with Crippen molar-refractivity contribution in [3.63, 3.8) is 0 Å². The van der Waals surface area contributed by atoms with E-state index >= 15 is 0 Å². The lowest BCUT2D eigenvalue weighted by Crippen LogP contribution is -2.11. The standard InChI is InChI=1S/C28H50O3/c1-3-5-7-9-11-13-15-17-19-21-23-25-27(29)31-28(30)26-24-22-20-18-16-14-12-10-8-6-4-2/h9-12H,3-8,13-26H2,1-2H3/b11-9-,12-10-. The molecule has 3 heteroatoms. The van der Waals surface area contributed by atoms with Crippen molar-refractivity contribution in [2.45, 2.75) is 142 Å². The minimum atomic E-state index is -0.348. The highest BCUT2D eigenvalue weighted by molar-refractivity contribution is 5.85. The fourth-order valence-corrected chi connectivity index (χ4v) is 3.47. The van der Waals surface area contributed by atoms with Crippen LogP contribution < -0.4 is 0 Å². The average molecular weight is 435 g/mol. The third kappa shape index (κ3) is 24.8. The van der Waals surface area contributed by atoms with Gasteiger partial charge in [-0.15, -0.1) is 0 Å². The molecule has 0 N–H and O–H groups in total. The van der Waals surface area contributed by atoms with Crippen LogP contribution in [0.5, 0.6) is 0 Å². The van der Waals surface area contributed by atoms with Gasteiger partial charge in [-0.1, -0.05) is 102 Å². The molecule has 180 valence electrons. The molecule has 0 radical (unpaired) electrons. The van der Waals surface area contributed by atoms with Gasteiger partial charge in [0, 0.05) is 12.8 Å². The maximum absolute atomic E-state index is 11.8. The maximum Gasteiger partial charge on any atom is 0.313 e. The summed E-state index contributed by atoms with van der Waals surface area (Å²) in [6.45, 7) is 4.44. The number of carbonyl (C=O) groups excluding carboxylic acids is 2. The van der Waals surface area contributed by atoms with Crippen molar-refractivity contribution >= 4 is 11.9 Å². The molecule has 0 rings (SSSR count). The van der Waals surface area contributed by atoms with E-state index in [1.54, 1.807) is 0 Å². The van der Waals surface area contributed by atoms with E-state index in [2.05, 4.69) is 38.2 Å². The molecular weight excluding hydrogens is 384 g/mol. The Kier molecular flexibility index (Phi) is 23.8. The second kappa shape index (κ2) is 24.9. The molecule has 0 saturated carbocycles. The maximum atomic E-state index is 11.8. The summed E-state index contributed by atoms with van der Waals surface area (Å²) in [5, 5.41) is 0. The molecule has 0 aromatic heterocycles. The monoisotopic (exact) mass is 434 g/mol. The van der Waals surface area contributed by atoms with Crippen LogP contribution in [0.15, 0.2) is 24.3 Å². The number of esters is 2. The van der Waals surface area contributed by atoms with Crippen LogP contribution in [-0.2, 0) is 14.3 Å². The molecule has 3 nitrogen and oxygen atoms in total. The summed E-state index contributed by atoms with van der Waals surface area (Å²) in [6, 6.07) is 0. The molecule has 0 unspecified atom stereocenters. The second-order valence-corrected chi connectivity index (χ2v) is 8.69. The van der Waals surface area contributed by atoms with Crippen molar-refractivity contribution in [1.29, 1.82) is 0 Å². The Morgan fingerprint density at radius 3 is 1.19 bits per heavy atom. The molecule has 0 aliphatic carbocycles. The Morgan fingerprint density at radius 1 is 0.484 bits per heavy atom. The van der Waals surface area contributed by atoms with Crippen LogP contribution in [0.25, 0.3) is 0 Å². The van der Waals surface area contributed by atoms with E-state index in [0.717, 1.165) is 51.4 Å². The van der Waals surface area contributed by atoms with Gasteiger partial charge in [0.15, 0.2) is 0 Å². The van der Waals surface area contributed by atoms with Gasteiger partial charge in [-0.05, 0) is 51.4 Å². The number of rotatable bonds is 22. The zero-order chi connectivity index (χ0) is 22.8. The molecule has 0 atom stereocenters. The number of hydrogen-bond donors (Lipinski definition) is 0. The second-order valence-electron chi connectivity index (χ2n) is 8.69. The van der Waals surface area contributed by atoms with Crippen molar-refractivity contribution in [2.24, 2.45) is 0 Å². The first-order chi connectivity index (χ1) is 15.2. The fraction of sp³-hybridized carbons (Fsp3) is 0.786. The van der Waals surface area contributed by atoms with Crippen LogP contribution in [-0.4, -0.2) is 11.9 Å². The molecule has 0 aliphatic rings. The third-order valence-corrected chi connectivity index (χ3v) is 5.51. The molecule has 0 spiro atoms. The summed E-state index contributed by atoms with van der Waals surface area (Å²) >= 11 is 0. The largest absolute Gasteiger partial charge is 0.393 e. The van der Waals surface area contributed by atoms with Crippen molar-refractivity contribution < 1.29 is 14.3 Å². The smallest absolute Gasteiger partial charge is 0.313 e. The van der Waals surface area contributed by atoms with E-state index in [-0.39, 0.29) is 11.9 Å². The Balaban J connectivity index is 3.39. The highest BCUT2D eigenvalue weighted by Gasteiger charge is 2.09. The summed E-state index contributed by atoms with van der Waals surface area (Å²) in [5.74, 6) is -0.697. The number of carbonyl (C=O) groups is 2. The number of allylic oxidation sites excluding steroid dienone is 4. The summed E-state index contributed by atoms with van der Waals surface area (Å²) in [4.78, 5) is 23.5. The van der Waals surface area contributed by atoms with Gasteiger partial charge in [-0.25, -0.2) is 0 Å². The van der Waals surface area contributed by atoms with Crippen LogP contribution in [0.1, 0.15) is 142 Å². The fourth-order valence-electron chi connectivity index (χ4n) is 3.47. The molecule has 0 saturated heterocycles. The summed E-state index contributed by atoms with van der Waals surface area (Å²) < 4.78 is 4.94. The molecule has 31 heavy (non-hydrogen) atoms. The van der Waals surface area contributed by atoms with Gasteiger partial charge in [0.1, 0.15) is 0 Å². The van der Waals surface area contributed by atoms with Gasteiger partial charge >= 0.3 is 11.9 Å². The minimum Gasteiger partial charge on any atom is -0.393 e. The SMILES string of the molecule is CCCC/C=C\CCCCCCCC(=O)OC(=O)CCCCCCC/C=C\CCCC. The van der Waals surface area contributed by atoms with Crippen molar-refractivity contribution in [1.82, 2.24) is 0 Å². The van der Waals surface area contributed by atoms with Crippen molar-refractivity contribution in [3.05, 3.63) is 24.3 Å². The topological polar surface area (TPSA) is 43.4 Å². The molecule has 0 heterocycles. The van der Waals surface area contributed by atoms with Crippen LogP contribution in [0.2, 0.25) is 0 Å². The average Bonchev–Trinajstić information content (AvgIpc) is 2.75. The Labute approximate surface area is 193 Å². The van der Waals surface area contributed by atoms with E-state index in [0.29, 0.717) is 12.8 Å². The van der Waals surface area contributed by atoms with E-state index < -0.39 is 0 Å². The summed E-state index contributed by atoms with van der Waals surface area (Å²) in [7, 11) is 0. The van der Waals surface area contributed by atoms with E-state index in [1.165, 1.54) is 64.2 Å². The molecule has 0 amide bonds. The number of unbranched alkanes of at least 4 members (excludes halogenated alkanes) is 14. The Hall–Kier alpha value is -1.38. The predicted molar refractivity (Wildman–Crippen MR) is 133 cm³/mol. The summed E-state index contributed by atoms with van der Waals surface area (Å²) in [5.41, 5.74) is 0. The number of hydrogen-bond acceptors (Lipinski definition) is 3. The molecular formula is C28H50O3. The highest BCUT2D eigenvalue weighted by atomic mass is 16.6. The van der Waals surface area contributed by atoms with E-state index in [1.807, 2.05) is 0 Å². The zero-order valence-corrected chi connectivity index (χ0v) is 20.7. The van der Waals surface area contributed by atoms with Gasteiger partial charge in [-0.2, -0.15) is 0 Å². The third-order valence-electron chi connectivity index (χ3n) is 5.51. The lowest BCUT2D eigenvalue weighted by molar-refractivity contribution is -0.159. The van der Waals surface area contributed by atoms with Crippen molar-refractivity contribution in [3.8, 4) is 0 Å². The molecule has 0 aromatic carbocycles. The van der Waals surface area contributed by atoms with E-state index in [9.17, 15) is 9.59 Å². The van der Waals surface area contributed by atoms with Crippen LogP contribution in [0.4, 0.5) is 0 Å². The van der Waals surface area contributed by atoms with Crippen LogP contribution in [0.3, 0.4) is 0 Å². The first-order valence-corrected chi connectivity index (χ1v) is 13.2. The van der Waals surface area contributed by atoms with Crippen LogP contribution in [0, 0.1) is 0 Å². The Morgan fingerprint density at radius 2 is 0.806 bits per heavy atom. The van der Waals surface area contributed by atoms with Gasteiger partial charge in [0.25, 0.3) is 0 Å². The highest BCUT2D eigenvalue weighted by Crippen LogP contribution is 2.11.